The van der Waals surface area contributed by atoms with Crippen LogP contribution in [0.3, 0.4) is 0 Å². The van der Waals surface area contributed by atoms with Crippen LogP contribution in [0.5, 0.6) is 0 Å². The standard InChI is InChI=1S/C16H24N2O2S/c1-18(14-7-3-12(11-19)4-8-14)16(20)17-13-5-9-15(21-2)10-6-13/h5-6,9-10,12,14,19H,3-4,7-8,11H2,1-2H3,(H,17,20). The van der Waals surface area contributed by atoms with Gasteiger partial charge in [0.15, 0.2) is 0 Å². The number of hydrogen-bond donors (Lipinski definition) is 2. The summed E-state index contributed by atoms with van der Waals surface area (Å²) in [7, 11) is 1.86. The number of thioether (sulfide) groups is 1. The predicted molar refractivity (Wildman–Crippen MR) is 87.8 cm³/mol. The maximum Gasteiger partial charge on any atom is 0.321 e. The molecule has 0 bridgehead atoms. The first-order valence-electron chi connectivity index (χ1n) is 7.42. The Hall–Kier alpha value is -1.20. The van der Waals surface area contributed by atoms with E-state index in [1.165, 1.54) is 4.90 Å². The van der Waals surface area contributed by atoms with Gasteiger partial charge in [0.05, 0.1) is 0 Å². The molecule has 0 heterocycles. The van der Waals surface area contributed by atoms with Gasteiger partial charge < -0.3 is 15.3 Å². The van der Waals surface area contributed by atoms with Crippen molar-refractivity contribution in [1.82, 2.24) is 4.90 Å². The zero-order chi connectivity index (χ0) is 15.2. The largest absolute Gasteiger partial charge is 0.396 e. The summed E-state index contributed by atoms with van der Waals surface area (Å²) in [6.07, 6.45) is 5.98. The highest BCUT2D eigenvalue weighted by Gasteiger charge is 2.26. The molecule has 1 fully saturated rings. The van der Waals surface area contributed by atoms with Gasteiger partial charge in [-0.2, -0.15) is 0 Å². The van der Waals surface area contributed by atoms with Crippen LogP contribution in [0.2, 0.25) is 0 Å². The van der Waals surface area contributed by atoms with Gasteiger partial charge >= 0.3 is 6.03 Å². The molecule has 1 aliphatic carbocycles. The zero-order valence-corrected chi connectivity index (χ0v) is 13.5. The minimum Gasteiger partial charge on any atom is -0.396 e. The summed E-state index contributed by atoms with van der Waals surface area (Å²) >= 11 is 1.68. The molecule has 0 saturated heterocycles. The Morgan fingerprint density at radius 3 is 2.43 bits per heavy atom. The van der Waals surface area contributed by atoms with Crippen LogP contribution in [0.4, 0.5) is 10.5 Å². The number of amides is 2. The normalized spacial score (nSPS) is 21.9. The van der Waals surface area contributed by atoms with Crippen LogP contribution in [-0.2, 0) is 0 Å². The van der Waals surface area contributed by atoms with E-state index in [4.69, 9.17) is 5.11 Å². The molecule has 4 nitrogen and oxygen atoms in total. The Morgan fingerprint density at radius 1 is 1.29 bits per heavy atom. The molecule has 1 saturated carbocycles. The smallest absolute Gasteiger partial charge is 0.321 e. The molecule has 0 aliphatic heterocycles. The zero-order valence-electron chi connectivity index (χ0n) is 12.7. The second kappa shape index (κ2) is 7.71. The van der Waals surface area contributed by atoms with Gasteiger partial charge in [-0.15, -0.1) is 11.8 Å². The van der Waals surface area contributed by atoms with E-state index in [-0.39, 0.29) is 18.7 Å². The van der Waals surface area contributed by atoms with Crippen LogP contribution < -0.4 is 5.32 Å². The van der Waals surface area contributed by atoms with E-state index in [1.54, 1.807) is 16.7 Å². The van der Waals surface area contributed by atoms with Crippen molar-refractivity contribution in [2.24, 2.45) is 5.92 Å². The fourth-order valence-electron chi connectivity index (χ4n) is 2.77. The van der Waals surface area contributed by atoms with E-state index < -0.39 is 0 Å². The number of nitrogens with zero attached hydrogens (tertiary/aromatic N) is 1. The van der Waals surface area contributed by atoms with Gasteiger partial charge in [0.25, 0.3) is 0 Å². The van der Waals surface area contributed by atoms with E-state index in [0.29, 0.717) is 5.92 Å². The lowest BCUT2D eigenvalue weighted by molar-refractivity contribution is 0.139. The molecule has 0 aromatic heterocycles. The lowest BCUT2D eigenvalue weighted by Gasteiger charge is -2.34. The van der Waals surface area contributed by atoms with Gasteiger partial charge in [-0.05, 0) is 62.1 Å². The lowest BCUT2D eigenvalue weighted by Crippen LogP contribution is -2.42. The first-order valence-corrected chi connectivity index (χ1v) is 8.65. The van der Waals surface area contributed by atoms with Crippen LogP contribution in [0, 0.1) is 5.92 Å². The van der Waals surface area contributed by atoms with Gasteiger partial charge in [0.2, 0.25) is 0 Å². The highest BCUT2D eigenvalue weighted by Crippen LogP contribution is 2.27. The quantitative estimate of drug-likeness (QED) is 0.838. The molecule has 0 radical (unpaired) electrons. The van der Waals surface area contributed by atoms with E-state index >= 15 is 0 Å². The van der Waals surface area contributed by atoms with E-state index in [1.807, 2.05) is 37.6 Å². The summed E-state index contributed by atoms with van der Waals surface area (Å²) in [4.78, 5) is 15.3. The predicted octanol–water partition coefficient (Wildman–Crippen LogP) is 3.42. The molecule has 0 spiro atoms. The Bertz CT molecular complexity index is 456. The molecule has 1 aromatic carbocycles. The number of carbonyl (C=O) groups excluding carboxylic acids is 1. The number of benzene rings is 1. The van der Waals surface area contributed by atoms with Crippen LogP contribution in [-0.4, -0.2) is 42.0 Å². The van der Waals surface area contributed by atoms with E-state index in [9.17, 15) is 4.79 Å². The average molecular weight is 308 g/mol. The Morgan fingerprint density at radius 2 is 1.90 bits per heavy atom. The van der Waals surface area contributed by atoms with Crippen molar-refractivity contribution in [2.45, 2.75) is 36.6 Å². The summed E-state index contributed by atoms with van der Waals surface area (Å²) in [6, 6.07) is 8.09. The molecule has 0 atom stereocenters. The molecular weight excluding hydrogens is 284 g/mol. The Labute approximate surface area is 130 Å². The third-order valence-corrected chi connectivity index (χ3v) is 5.03. The second-order valence-electron chi connectivity index (χ2n) is 5.63. The van der Waals surface area contributed by atoms with Crippen LogP contribution in [0.1, 0.15) is 25.7 Å². The fraction of sp³-hybridized carbons (Fsp3) is 0.562. The molecule has 2 N–H and O–H groups in total. The molecule has 1 aromatic rings. The fourth-order valence-corrected chi connectivity index (χ4v) is 3.17. The van der Waals surface area contributed by atoms with Crippen LogP contribution in [0.15, 0.2) is 29.2 Å². The molecule has 116 valence electrons. The average Bonchev–Trinajstić information content (AvgIpc) is 2.55. The number of carbonyl (C=O) groups is 1. The Balaban J connectivity index is 1.87. The van der Waals surface area contributed by atoms with Crippen molar-refractivity contribution >= 4 is 23.5 Å². The van der Waals surface area contributed by atoms with Crippen molar-refractivity contribution in [1.29, 1.82) is 0 Å². The number of aliphatic hydroxyl groups is 1. The number of nitrogens with one attached hydrogen (secondary N) is 1. The number of urea groups is 1. The summed E-state index contributed by atoms with van der Waals surface area (Å²) in [6.45, 7) is 0.268. The van der Waals surface area contributed by atoms with E-state index in [0.717, 1.165) is 31.4 Å². The van der Waals surface area contributed by atoms with Crippen LogP contribution >= 0.6 is 11.8 Å². The highest BCUT2D eigenvalue weighted by atomic mass is 32.2. The summed E-state index contributed by atoms with van der Waals surface area (Å²) < 4.78 is 0. The topological polar surface area (TPSA) is 52.6 Å². The van der Waals surface area contributed by atoms with Gasteiger partial charge in [0, 0.05) is 30.3 Å². The molecule has 21 heavy (non-hydrogen) atoms. The first kappa shape index (κ1) is 16.2. The summed E-state index contributed by atoms with van der Waals surface area (Å²) in [5, 5.41) is 12.1. The summed E-state index contributed by atoms with van der Waals surface area (Å²) in [5.41, 5.74) is 0.827. The van der Waals surface area contributed by atoms with Gasteiger partial charge in [-0.25, -0.2) is 4.79 Å². The molecule has 1 aliphatic rings. The monoisotopic (exact) mass is 308 g/mol. The van der Waals surface area contributed by atoms with Crippen molar-refractivity contribution in [3.05, 3.63) is 24.3 Å². The van der Waals surface area contributed by atoms with Crippen molar-refractivity contribution in [3.63, 3.8) is 0 Å². The van der Waals surface area contributed by atoms with Crippen LogP contribution in [0.25, 0.3) is 0 Å². The number of aliphatic hydroxyl groups excluding tert-OH is 1. The number of rotatable bonds is 4. The second-order valence-corrected chi connectivity index (χ2v) is 6.51. The SMILES string of the molecule is CSc1ccc(NC(=O)N(C)C2CCC(CO)CC2)cc1. The number of anilines is 1. The maximum absolute atomic E-state index is 12.3. The van der Waals surface area contributed by atoms with Crippen molar-refractivity contribution in [3.8, 4) is 0 Å². The summed E-state index contributed by atoms with van der Waals surface area (Å²) in [5.74, 6) is 0.414. The minimum absolute atomic E-state index is 0.0562. The van der Waals surface area contributed by atoms with Gasteiger partial charge in [-0.3, -0.25) is 0 Å². The van der Waals surface area contributed by atoms with Gasteiger partial charge in [0.1, 0.15) is 0 Å². The van der Waals surface area contributed by atoms with Crippen molar-refractivity contribution in [2.75, 3.05) is 25.2 Å². The lowest BCUT2D eigenvalue weighted by atomic mass is 9.86. The Kier molecular flexibility index (Phi) is 5.94. The molecule has 0 unspecified atom stereocenters. The number of hydrogen-bond acceptors (Lipinski definition) is 3. The molecule has 2 rings (SSSR count). The third-order valence-electron chi connectivity index (χ3n) is 4.28. The van der Waals surface area contributed by atoms with Gasteiger partial charge in [-0.1, -0.05) is 0 Å². The van der Waals surface area contributed by atoms with E-state index in [2.05, 4.69) is 5.32 Å². The highest BCUT2D eigenvalue weighted by molar-refractivity contribution is 7.98. The molecular formula is C16H24N2O2S. The third kappa shape index (κ3) is 4.38. The maximum atomic E-state index is 12.3. The molecule has 2 amide bonds. The molecule has 5 heteroatoms. The van der Waals surface area contributed by atoms with Crippen molar-refractivity contribution < 1.29 is 9.90 Å². The minimum atomic E-state index is -0.0562. The first-order chi connectivity index (χ1) is 10.1.